The van der Waals surface area contributed by atoms with Crippen LogP contribution in [0.2, 0.25) is 0 Å². The molecule has 2 heterocycles. The highest BCUT2D eigenvalue weighted by Gasteiger charge is 2.47. The molecule has 2 aromatic rings. The van der Waals surface area contributed by atoms with Crippen LogP contribution >= 0.6 is 0 Å². The molecule has 0 radical (unpaired) electrons. The SMILES string of the molecule is Cc1cc(S(=O)(=O)N2CCC(O)(c3nc(C4CC4)no3)C2)c(F)cc1F. The molecule has 1 saturated heterocycles. The third-order valence-electron chi connectivity index (χ3n) is 4.83. The maximum absolute atomic E-state index is 14.0. The molecule has 2 aliphatic rings. The van der Waals surface area contributed by atoms with Gasteiger partial charge in [0, 0.05) is 24.9 Å². The first-order valence-corrected chi connectivity index (χ1v) is 9.67. The Bertz CT molecular complexity index is 974. The lowest BCUT2D eigenvalue weighted by Crippen LogP contribution is -2.35. The second-order valence-electron chi connectivity index (χ2n) is 6.88. The van der Waals surface area contributed by atoms with Crippen LogP contribution in [0.5, 0.6) is 0 Å². The van der Waals surface area contributed by atoms with Gasteiger partial charge in [0.1, 0.15) is 16.5 Å². The zero-order valence-electron chi connectivity index (χ0n) is 13.9. The zero-order chi connectivity index (χ0) is 18.7. The van der Waals surface area contributed by atoms with Gasteiger partial charge in [0.05, 0.1) is 6.54 Å². The fourth-order valence-electron chi connectivity index (χ4n) is 3.04. The van der Waals surface area contributed by atoms with Crippen LogP contribution in [-0.2, 0) is 15.6 Å². The number of aromatic nitrogens is 2. The van der Waals surface area contributed by atoms with Crippen LogP contribution in [0.1, 0.15) is 42.5 Å². The highest BCUT2D eigenvalue weighted by Crippen LogP contribution is 2.40. The van der Waals surface area contributed by atoms with Crippen LogP contribution in [-0.4, -0.2) is 41.1 Å². The van der Waals surface area contributed by atoms with Crippen molar-refractivity contribution in [2.75, 3.05) is 13.1 Å². The van der Waals surface area contributed by atoms with Crippen molar-refractivity contribution in [2.24, 2.45) is 0 Å². The van der Waals surface area contributed by atoms with Gasteiger partial charge in [-0.3, -0.25) is 0 Å². The Morgan fingerprint density at radius 1 is 1.31 bits per heavy atom. The highest BCUT2D eigenvalue weighted by molar-refractivity contribution is 7.89. The lowest BCUT2D eigenvalue weighted by Gasteiger charge is -2.20. The van der Waals surface area contributed by atoms with Crippen LogP contribution in [0.4, 0.5) is 8.78 Å². The van der Waals surface area contributed by atoms with Crippen molar-refractivity contribution in [3.8, 4) is 0 Å². The highest BCUT2D eigenvalue weighted by atomic mass is 32.2. The van der Waals surface area contributed by atoms with E-state index < -0.39 is 32.2 Å². The molecule has 2 fully saturated rings. The monoisotopic (exact) mass is 385 g/mol. The number of aliphatic hydroxyl groups is 1. The van der Waals surface area contributed by atoms with Crippen molar-refractivity contribution in [2.45, 2.75) is 42.6 Å². The van der Waals surface area contributed by atoms with Gasteiger partial charge in [0.2, 0.25) is 10.0 Å². The molecule has 10 heteroatoms. The maximum atomic E-state index is 14.0. The molecular weight excluding hydrogens is 368 g/mol. The predicted octanol–water partition coefficient (Wildman–Crippen LogP) is 1.82. The molecule has 1 aromatic carbocycles. The molecule has 7 nitrogen and oxygen atoms in total. The number of halogens is 2. The molecule has 1 saturated carbocycles. The Hall–Kier alpha value is -1.91. The van der Waals surface area contributed by atoms with Gasteiger partial charge in [0.15, 0.2) is 11.4 Å². The molecule has 0 spiro atoms. The molecule has 0 amide bonds. The summed E-state index contributed by atoms with van der Waals surface area (Å²) in [6.07, 6.45) is 1.96. The first-order chi connectivity index (χ1) is 12.2. The third kappa shape index (κ3) is 2.81. The van der Waals surface area contributed by atoms with Crippen molar-refractivity contribution >= 4 is 10.0 Å². The van der Waals surface area contributed by atoms with Gasteiger partial charge in [-0.05, 0) is 31.4 Å². The van der Waals surface area contributed by atoms with Crippen LogP contribution in [0.15, 0.2) is 21.6 Å². The van der Waals surface area contributed by atoms with E-state index in [1.54, 1.807) is 0 Å². The molecule has 0 bridgehead atoms. The summed E-state index contributed by atoms with van der Waals surface area (Å²) in [5, 5.41) is 14.6. The van der Waals surface area contributed by atoms with E-state index in [0.29, 0.717) is 11.9 Å². The van der Waals surface area contributed by atoms with E-state index in [0.717, 1.165) is 23.2 Å². The summed E-state index contributed by atoms with van der Waals surface area (Å²) >= 11 is 0. The zero-order valence-corrected chi connectivity index (χ0v) is 14.8. The van der Waals surface area contributed by atoms with Gasteiger partial charge in [-0.25, -0.2) is 17.2 Å². The number of sulfonamides is 1. The van der Waals surface area contributed by atoms with Gasteiger partial charge >= 0.3 is 0 Å². The summed E-state index contributed by atoms with van der Waals surface area (Å²) in [5.41, 5.74) is -1.61. The molecule has 1 unspecified atom stereocenters. The van der Waals surface area contributed by atoms with Crippen LogP contribution in [0.3, 0.4) is 0 Å². The minimum absolute atomic E-state index is 0.0189. The number of benzene rings is 1. The summed E-state index contributed by atoms with van der Waals surface area (Å²) in [7, 11) is -4.24. The molecular formula is C16H17F2N3O4S. The number of aryl methyl sites for hydroxylation is 1. The van der Waals surface area contributed by atoms with E-state index in [2.05, 4.69) is 10.1 Å². The van der Waals surface area contributed by atoms with Gasteiger partial charge in [-0.1, -0.05) is 5.16 Å². The fourth-order valence-corrected chi connectivity index (χ4v) is 4.66. The topological polar surface area (TPSA) is 96.5 Å². The molecule has 1 aliphatic carbocycles. The number of rotatable bonds is 4. The Kier molecular flexibility index (Phi) is 3.90. The second-order valence-corrected chi connectivity index (χ2v) is 8.79. The van der Waals surface area contributed by atoms with Gasteiger partial charge in [0.25, 0.3) is 5.89 Å². The summed E-state index contributed by atoms with van der Waals surface area (Å²) in [5.74, 6) is -1.29. The lowest BCUT2D eigenvalue weighted by molar-refractivity contribution is 0.0194. The van der Waals surface area contributed by atoms with E-state index in [1.165, 1.54) is 6.92 Å². The van der Waals surface area contributed by atoms with E-state index in [1.807, 2.05) is 0 Å². The summed E-state index contributed by atoms with van der Waals surface area (Å²) in [4.78, 5) is 3.57. The predicted molar refractivity (Wildman–Crippen MR) is 84.6 cm³/mol. The number of β-amino-alcohol motifs (C(OH)–C–C–N with tert-alkyl or cyclic N) is 1. The Morgan fingerprint density at radius 3 is 2.73 bits per heavy atom. The second kappa shape index (κ2) is 5.80. The van der Waals surface area contributed by atoms with Crippen molar-refractivity contribution in [3.05, 3.63) is 41.0 Å². The van der Waals surface area contributed by atoms with E-state index in [-0.39, 0.29) is 36.9 Å². The van der Waals surface area contributed by atoms with E-state index in [9.17, 15) is 22.3 Å². The summed E-state index contributed by atoms with van der Waals surface area (Å²) < 4.78 is 59.0. The van der Waals surface area contributed by atoms with Gasteiger partial charge in [-0.15, -0.1) is 0 Å². The lowest BCUT2D eigenvalue weighted by atomic mass is 10.0. The molecule has 140 valence electrons. The molecule has 1 N–H and O–H groups in total. The smallest absolute Gasteiger partial charge is 0.260 e. The average Bonchev–Trinajstić information content (AvgIpc) is 3.14. The molecule has 1 aliphatic heterocycles. The molecule has 26 heavy (non-hydrogen) atoms. The minimum Gasteiger partial charge on any atom is -0.379 e. The third-order valence-corrected chi connectivity index (χ3v) is 6.69. The Labute approximate surface area is 148 Å². The number of hydrogen-bond donors (Lipinski definition) is 1. The van der Waals surface area contributed by atoms with Gasteiger partial charge < -0.3 is 9.63 Å². The first-order valence-electron chi connectivity index (χ1n) is 8.23. The number of nitrogens with zero attached hydrogens (tertiary/aromatic N) is 3. The van der Waals surface area contributed by atoms with E-state index >= 15 is 0 Å². The van der Waals surface area contributed by atoms with Crippen LogP contribution in [0.25, 0.3) is 0 Å². The first kappa shape index (κ1) is 17.5. The maximum Gasteiger partial charge on any atom is 0.260 e. The standard InChI is InChI=1S/C16H17F2N3O4S/c1-9-6-13(12(18)7-11(9)17)26(23,24)21-5-4-16(22,8-21)15-19-14(20-25-15)10-2-3-10/h6-7,10,22H,2-5,8H2,1H3. The average molecular weight is 385 g/mol. The van der Waals surface area contributed by atoms with Crippen molar-refractivity contribution < 1.29 is 26.8 Å². The van der Waals surface area contributed by atoms with Crippen LogP contribution in [0, 0.1) is 18.6 Å². The van der Waals surface area contributed by atoms with Crippen molar-refractivity contribution in [1.29, 1.82) is 0 Å². The van der Waals surface area contributed by atoms with Crippen molar-refractivity contribution in [3.63, 3.8) is 0 Å². The fraction of sp³-hybridized carbons (Fsp3) is 0.500. The van der Waals surface area contributed by atoms with Crippen LogP contribution < -0.4 is 0 Å². The minimum atomic E-state index is -4.24. The Balaban J connectivity index is 1.61. The Morgan fingerprint density at radius 2 is 2.04 bits per heavy atom. The largest absolute Gasteiger partial charge is 0.379 e. The normalized spacial score (nSPS) is 24.3. The molecule has 1 atom stereocenters. The molecule has 4 rings (SSSR count). The number of hydrogen-bond acceptors (Lipinski definition) is 6. The van der Waals surface area contributed by atoms with Crippen molar-refractivity contribution in [1.82, 2.24) is 14.4 Å². The van der Waals surface area contributed by atoms with E-state index in [4.69, 9.17) is 4.52 Å². The summed E-state index contributed by atoms with van der Waals surface area (Å²) in [6, 6.07) is 1.50. The molecule has 1 aromatic heterocycles. The summed E-state index contributed by atoms with van der Waals surface area (Å²) in [6.45, 7) is 0.972. The quantitative estimate of drug-likeness (QED) is 0.862. The van der Waals surface area contributed by atoms with Gasteiger partial charge in [-0.2, -0.15) is 9.29 Å².